The van der Waals surface area contributed by atoms with Crippen molar-refractivity contribution in [3.05, 3.63) is 0 Å². The van der Waals surface area contributed by atoms with Crippen LogP contribution in [0, 0.1) is 0 Å². The van der Waals surface area contributed by atoms with Crippen LogP contribution in [0.2, 0.25) is 0 Å². The van der Waals surface area contributed by atoms with Crippen LogP contribution in [0.25, 0.3) is 0 Å². The Bertz CT molecular complexity index is 100. The normalized spacial score (nSPS) is 11.2. The Morgan fingerprint density at radius 1 is 0.667 bits per heavy atom. The fourth-order valence-corrected chi connectivity index (χ4v) is 0.980. The Labute approximate surface area is 76.5 Å². The van der Waals surface area contributed by atoms with E-state index in [9.17, 15) is 0 Å². The molecule has 0 saturated heterocycles. The van der Waals surface area contributed by atoms with Gasteiger partial charge in [0.05, 0.1) is 13.1 Å². The summed E-state index contributed by atoms with van der Waals surface area (Å²) < 4.78 is 0. The van der Waals surface area contributed by atoms with Crippen LogP contribution in [-0.4, -0.2) is 13.1 Å². The Kier molecular flexibility index (Phi) is 10.2. The van der Waals surface area contributed by atoms with E-state index in [-0.39, 0.29) is 0 Å². The lowest BCUT2D eigenvalue weighted by Gasteiger charge is -1.93. The van der Waals surface area contributed by atoms with E-state index in [1.807, 2.05) is 0 Å². The zero-order valence-electron chi connectivity index (χ0n) is 8.55. The summed E-state index contributed by atoms with van der Waals surface area (Å²) in [4.78, 5) is 0. The summed E-state index contributed by atoms with van der Waals surface area (Å²) in [6, 6.07) is 0. The Morgan fingerprint density at radius 2 is 1.25 bits per heavy atom. The summed E-state index contributed by atoms with van der Waals surface area (Å²) >= 11 is 0. The molecule has 0 heterocycles. The molecule has 0 amide bonds. The van der Waals surface area contributed by atoms with Gasteiger partial charge in [0, 0.05) is 0 Å². The zero-order chi connectivity index (χ0) is 9.07. The molecule has 2 nitrogen and oxygen atoms in total. The Morgan fingerprint density at radius 3 is 1.83 bits per heavy atom. The Hall–Kier alpha value is -0.400. The van der Waals surface area contributed by atoms with Crippen LogP contribution in [0.5, 0.6) is 0 Å². The van der Waals surface area contributed by atoms with E-state index in [2.05, 4.69) is 24.1 Å². The average molecular weight is 170 g/mol. The maximum atomic E-state index is 4.11. The highest BCUT2D eigenvalue weighted by Gasteiger charge is 1.85. The highest BCUT2D eigenvalue weighted by Crippen LogP contribution is 1.99. The molecule has 0 saturated carbocycles. The first kappa shape index (κ1) is 11.6. The number of hydrogen-bond donors (Lipinski definition) is 0. The molecule has 0 aliphatic rings. The van der Waals surface area contributed by atoms with Crippen LogP contribution in [0.4, 0.5) is 0 Å². The molecule has 0 aromatic heterocycles. The standard InChI is InChI=1S/C10H22N2/c1-3-5-7-8-10-12-11-9-6-4-2/h3-10H2,1-2H3. The van der Waals surface area contributed by atoms with Crippen LogP contribution in [0.3, 0.4) is 0 Å². The average Bonchev–Trinajstić information content (AvgIpc) is 2.10. The second-order valence-corrected chi connectivity index (χ2v) is 3.14. The topological polar surface area (TPSA) is 24.7 Å². The quantitative estimate of drug-likeness (QED) is 0.391. The van der Waals surface area contributed by atoms with Crippen molar-refractivity contribution in [1.29, 1.82) is 0 Å². The minimum Gasteiger partial charge on any atom is -0.194 e. The molecule has 0 spiro atoms. The largest absolute Gasteiger partial charge is 0.194 e. The second kappa shape index (κ2) is 10.6. The number of rotatable bonds is 8. The molecule has 0 rings (SSSR count). The molecule has 0 bridgehead atoms. The van der Waals surface area contributed by atoms with Gasteiger partial charge in [0.2, 0.25) is 0 Å². The van der Waals surface area contributed by atoms with Crippen molar-refractivity contribution in [2.24, 2.45) is 10.2 Å². The van der Waals surface area contributed by atoms with Crippen molar-refractivity contribution < 1.29 is 0 Å². The molecule has 72 valence electrons. The lowest BCUT2D eigenvalue weighted by molar-refractivity contribution is 0.654. The first-order valence-corrected chi connectivity index (χ1v) is 5.25. The molecule has 0 aliphatic carbocycles. The molecule has 0 radical (unpaired) electrons. The first-order chi connectivity index (χ1) is 5.91. The summed E-state index contributed by atoms with van der Waals surface area (Å²) in [6.45, 7) is 6.26. The number of hydrogen-bond acceptors (Lipinski definition) is 2. The van der Waals surface area contributed by atoms with Gasteiger partial charge in [-0.05, 0) is 12.8 Å². The third-order valence-electron chi connectivity index (χ3n) is 1.82. The highest BCUT2D eigenvalue weighted by atomic mass is 15.1. The summed E-state index contributed by atoms with van der Waals surface area (Å²) in [7, 11) is 0. The molecule has 0 aromatic carbocycles. The summed E-state index contributed by atoms with van der Waals surface area (Å²) in [6.07, 6.45) is 7.55. The van der Waals surface area contributed by atoms with Crippen molar-refractivity contribution in [2.45, 2.75) is 52.4 Å². The van der Waals surface area contributed by atoms with Gasteiger partial charge in [-0.1, -0.05) is 39.5 Å². The zero-order valence-corrected chi connectivity index (χ0v) is 8.55. The monoisotopic (exact) mass is 170 g/mol. The smallest absolute Gasteiger partial charge is 0.0598 e. The van der Waals surface area contributed by atoms with E-state index >= 15 is 0 Å². The van der Waals surface area contributed by atoms with Gasteiger partial charge in [-0.15, -0.1) is 0 Å². The van der Waals surface area contributed by atoms with E-state index in [4.69, 9.17) is 0 Å². The van der Waals surface area contributed by atoms with Crippen LogP contribution < -0.4 is 0 Å². The SMILES string of the molecule is CCCCCCN=NCCCC. The molecule has 0 N–H and O–H groups in total. The number of unbranched alkanes of at least 4 members (excludes halogenated alkanes) is 4. The second-order valence-electron chi connectivity index (χ2n) is 3.14. The van der Waals surface area contributed by atoms with Gasteiger partial charge in [-0.3, -0.25) is 0 Å². The highest BCUT2D eigenvalue weighted by molar-refractivity contribution is 4.44. The van der Waals surface area contributed by atoms with Crippen LogP contribution >= 0.6 is 0 Å². The molecule has 0 atom stereocenters. The fourth-order valence-electron chi connectivity index (χ4n) is 0.980. The number of azo groups is 1. The van der Waals surface area contributed by atoms with Crippen LogP contribution in [-0.2, 0) is 0 Å². The van der Waals surface area contributed by atoms with Crippen molar-refractivity contribution in [3.8, 4) is 0 Å². The van der Waals surface area contributed by atoms with Gasteiger partial charge in [0.25, 0.3) is 0 Å². The fraction of sp³-hybridized carbons (Fsp3) is 1.00. The minimum atomic E-state index is 0.921. The summed E-state index contributed by atoms with van der Waals surface area (Å²) in [5.41, 5.74) is 0. The maximum Gasteiger partial charge on any atom is 0.0598 e. The van der Waals surface area contributed by atoms with Crippen molar-refractivity contribution in [2.75, 3.05) is 13.1 Å². The van der Waals surface area contributed by atoms with Gasteiger partial charge < -0.3 is 0 Å². The van der Waals surface area contributed by atoms with Crippen LogP contribution in [0.1, 0.15) is 52.4 Å². The predicted octanol–water partition coefficient (Wildman–Crippen LogP) is 3.82. The van der Waals surface area contributed by atoms with Crippen molar-refractivity contribution in [3.63, 3.8) is 0 Å². The van der Waals surface area contributed by atoms with Gasteiger partial charge >= 0.3 is 0 Å². The van der Waals surface area contributed by atoms with Crippen LogP contribution in [0.15, 0.2) is 10.2 Å². The summed E-state index contributed by atoms with van der Waals surface area (Å²) in [5.74, 6) is 0. The lowest BCUT2D eigenvalue weighted by atomic mass is 10.2. The van der Waals surface area contributed by atoms with E-state index in [0.29, 0.717) is 0 Å². The van der Waals surface area contributed by atoms with Gasteiger partial charge in [0.1, 0.15) is 0 Å². The molecule has 0 aromatic rings. The van der Waals surface area contributed by atoms with E-state index in [1.54, 1.807) is 0 Å². The molecule has 12 heavy (non-hydrogen) atoms. The lowest BCUT2D eigenvalue weighted by Crippen LogP contribution is -1.82. The molecule has 0 aliphatic heterocycles. The first-order valence-electron chi connectivity index (χ1n) is 5.25. The number of nitrogens with zero attached hydrogens (tertiary/aromatic N) is 2. The van der Waals surface area contributed by atoms with E-state index in [0.717, 1.165) is 13.1 Å². The molecule has 2 heteroatoms. The maximum absolute atomic E-state index is 4.11. The van der Waals surface area contributed by atoms with E-state index < -0.39 is 0 Å². The molecular weight excluding hydrogens is 148 g/mol. The molecular formula is C10H22N2. The molecule has 0 unspecified atom stereocenters. The third-order valence-corrected chi connectivity index (χ3v) is 1.82. The molecule has 0 fully saturated rings. The van der Waals surface area contributed by atoms with Gasteiger partial charge in [-0.25, -0.2) is 0 Å². The van der Waals surface area contributed by atoms with Crippen molar-refractivity contribution in [1.82, 2.24) is 0 Å². The predicted molar refractivity (Wildman–Crippen MR) is 53.6 cm³/mol. The van der Waals surface area contributed by atoms with Crippen molar-refractivity contribution >= 4 is 0 Å². The Balaban J connectivity index is 2.92. The summed E-state index contributed by atoms with van der Waals surface area (Å²) in [5, 5.41) is 8.19. The minimum absolute atomic E-state index is 0.921. The van der Waals surface area contributed by atoms with E-state index in [1.165, 1.54) is 38.5 Å². The van der Waals surface area contributed by atoms with Gasteiger partial charge in [-0.2, -0.15) is 10.2 Å². The van der Waals surface area contributed by atoms with Gasteiger partial charge in [0.15, 0.2) is 0 Å². The third kappa shape index (κ3) is 9.60.